The van der Waals surface area contributed by atoms with Crippen molar-refractivity contribution in [2.24, 2.45) is 0 Å². The van der Waals surface area contributed by atoms with Gasteiger partial charge in [-0.05, 0) is 36.4 Å². The van der Waals surface area contributed by atoms with E-state index in [1.807, 2.05) is 0 Å². The number of hydrogen-bond donors (Lipinski definition) is 1. The average Bonchev–Trinajstić information content (AvgIpc) is 3.43. The van der Waals surface area contributed by atoms with Crippen LogP contribution in [0, 0.1) is 0 Å². The zero-order valence-corrected chi connectivity index (χ0v) is 19.7. The van der Waals surface area contributed by atoms with Crippen LogP contribution in [0.5, 0.6) is 5.75 Å². The maximum absolute atomic E-state index is 13.2. The highest BCUT2D eigenvalue weighted by atomic mass is 35.5. The Kier molecular flexibility index (Phi) is 5.99. The predicted molar refractivity (Wildman–Crippen MR) is 130 cm³/mol. The molecule has 2 aromatic carbocycles. The fourth-order valence-corrected chi connectivity index (χ4v) is 5.05. The monoisotopic (exact) mass is 497 g/mol. The molecule has 1 fully saturated rings. The van der Waals surface area contributed by atoms with Crippen LogP contribution in [0.3, 0.4) is 0 Å². The molecular weight excluding hydrogens is 478 g/mol. The van der Waals surface area contributed by atoms with Crippen LogP contribution in [0.4, 0.5) is 17.1 Å². The Hall–Kier alpha value is -3.40. The van der Waals surface area contributed by atoms with E-state index in [1.54, 1.807) is 58.3 Å². The molecule has 8 nitrogen and oxygen atoms in total. The molecule has 2 aliphatic rings. The van der Waals surface area contributed by atoms with Crippen LogP contribution in [0.1, 0.15) is 25.6 Å². The zero-order valence-electron chi connectivity index (χ0n) is 18.2. The minimum atomic E-state index is -0.280. The first-order chi connectivity index (χ1) is 16.5. The normalized spacial score (nSPS) is 15.5. The van der Waals surface area contributed by atoms with E-state index in [2.05, 4.69) is 5.32 Å². The van der Waals surface area contributed by atoms with E-state index in [4.69, 9.17) is 21.1 Å². The van der Waals surface area contributed by atoms with Crippen molar-refractivity contribution in [3.63, 3.8) is 0 Å². The summed E-state index contributed by atoms with van der Waals surface area (Å²) in [4.78, 5) is 41.9. The molecule has 34 heavy (non-hydrogen) atoms. The lowest BCUT2D eigenvalue weighted by Crippen LogP contribution is -2.41. The van der Waals surface area contributed by atoms with Gasteiger partial charge in [0.15, 0.2) is 0 Å². The maximum atomic E-state index is 13.2. The molecule has 3 aromatic rings. The second kappa shape index (κ2) is 9.09. The van der Waals surface area contributed by atoms with Gasteiger partial charge in [0.2, 0.25) is 0 Å². The van der Waals surface area contributed by atoms with Crippen LogP contribution in [0.2, 0.25) is 4.34 Å². The summed E-state index contributed by atoms with van der Waals surface area (Å²) >= 11 is 7.14. The number of methoxy groups -OCH3 is 1. The van der Waals surface area contributed by atoms with E-state index < -0.39 is 0 Å². The summed E-state index contributed by atoms with van der Waals surface area (Å²) in [5.74, 6) is -0.117. The molecule has 3 heterocycles. The summed E-state index contributed by atoms with van der Waals surface area (Å²) in [7, 11) is 1.53. The first kappa shape index (κ1) is 22.4. The Balaban J connectivity index is 1.42. The number of thiophene rings is 1. The molecule has 0 radical (unpaired) electrons. The number of ether oxygens (including phenoxy) is 2. The minimum absolute atomic E-state index is 0.0248. The molecule has 0 unspecified atom stereocenters. The van der Waals surface area contributed by atoms with Gasteiger partial charge < -0.3 is 24.6 Å². The fourth-order valence-electron chi connectivity index (χ4n) is 4.11. The first-order valence-electron chi connectivity index (χ1n) is 10.5. The number of rotatable bonds is 5. The number of morpholine rings is 1. The third-order valence-corrected chi connectivity index (χ3v) is 6.99. The molecule has 174 valence electrons. The van der Waals surface area contributed by atoms with Gasteiger partial charge in [-0.25, -0.2) is 0 Å². The van der Waals surface area contributed by atoms with Crippen molar-refractivity contribution < 1.29 is 23.9 Å². The number of halogens is 1. The molecule has 1 saturated heterocycles. The largest absolute Gasteiger partial charge is 0.494 e. The zero-order chi connectivity index (χ0) is 23.8. The van der Waals surface area contributed by atoms with Crippen molar-refractivity contribution in [2.75, 3.05) is 42.0 Å². The van der Waals surface area contributed by atoms with E-state index in [0.717, 1.165) is 5.56 Å². The summed E-state index contributed by atoms with van der Waals surface area (Å²) < 4.78 is 11.3. The van der Waals surface area contributed by atoms with E-state index >= 15 is 0 Å². The predicted octanol–water partition coefficient (Wildman–Crippen LogP) is 4.19. The number of fused-ring (bicyclic) bond motifs is 1. The van der Waals surface area contributed by atoms with Crippen LogP contribution in [0.25, 0.3) is 0 Å². The van der Waals surface area contributed by atoms with Crippen LogP contribution >= 0.6 is 22.9 Å². The molecule has 2 aliphatic heterocycles. The molecule has 0 spiro atoms. The highest BCUT2D eigenvalue weighted by molar-refractivity contribution is 7.18. The van der Waals surface area contributed by atoms with Gasteiger partial charge >= 0.3 is 0 Å². The summed E-state index contributed by atoms with van der Waals surface area (Å²) in [6, 6.07) is 13.9. The number of carbonyl (C=O) groups is 3. The van der Waals surface area contributed by atoms with Crippen LogP contribution in [-0.4, -0.2) is 44.6 Å². The molecule has 0 saturated carbocycles. The SMILES string of the molecule is COc1cc(N2Cc3c(NC(=O)c4ccc(Cl)s4)cccc3C2=O)ccc1N1CCOCC1=O. The van der Waals surface area contributed by atoms with Crippen molar-refractivity contribution in [1.29, 1.82) is 0 Å². The van der Waals surface area contributed by atoms with Crippen LogP contribution < -0.4 is 19.9 Å². The molecule has 0 bridgehead atoms. The highest BCUT2D eigenvalue weighted by Gasteiger charge is 2.32. The number of hydrogen-bond acceptors (Lipinski definition) is 6. The lowest BCUT2D eigenvalue weighted by atomic mass is 10.1. The Morgan fingerprint density at radius 2 is 2.00 bits per heavy atom. The van der Waals surface area contributed by atoms with Gasteiger partial charge in [-0.3, -0.25) is 14.4 Å². The number of carbonyl (C=O) groups excluding carboxylic acids is 3. The average molecular weight is 498 g/mol. The molecule has 10 heteroatoms. The molecule has 5 rings (SSSR count). The molecule has 0 aliphatic carbocycles. The fraction of sp³-hybridized carbons (Fsp3) is 0.208. The number of anilines is 3. The number of nitrogens with zero attached hydrogens (tertiary/aromatic N) is 2. The Morgan fingerprint density at radius 3 is 2.74 bits per heavy atom. The van der Waals surface area contributed by atoms with Crippen LogP contribution in [0.15, 0.2) is 48.5 Å². The van der Waals surface area contributed by atoms with E-state index in [0.29, 0.717) is 50.7 Å². The minimum Gasteiger partial charge on any atom is -0.494 e. The molecule has 3 amide bonds. The molecule has 0 atom stereocenters. The van der Waals surface area contributed by atoms with Crippen molar-refractivity contribution in [3.05, 3.63) is 68.9 Å². The Labute approximate surface area is 204 Å². The third kappa shape index (κ3) is 4.02. The van der Waals surface area contributed by atoms with Gasteiger partial charge in [0.25, 0.3) is 17.7 Å². The molecule has 1 N–H and O–H groups in total. The Bertz CT molecular complexity index is 1310. The molecule has 1 aromatic heterocycles. The van der Waals surface area contributed by atoms with E-state index in [-0.39, 0.29) is 30.9 Å². The lowest BCUT2D eigenvalue weighted by molar-refractivity contribution is -0.125. The van der Waals surface area contributed by atoms with Crippen LogP contribution in [-0.2, 0) is 16.1 Å². The van der Waals surface area contributed by atoms with Gasteiger partial charge in [-0.2, -0.15) is 0 Å². The summed E-state index contributed by atoms with van der Waals surface area (Å²) in [6.07, 6.45) is 0. The van der Waals surface area contributed by atoms with Gasteiger partial charge in [0.05, 0.1) is 35.2 Å². The van der Waals surface area contributed by atoms with Gasteiger partial charge in [-0.15, -0.1) is 11.3 Å². The van der Waals surface area contributed by atoms with Gasteiger partial charge in [0.1, 0.15) is 12.4 Å². The number of nitrogens with one attached hydrogen (secondary N) is 1. The van der Waals surface area contributed by atoms with Gasteiger partial charge in [-0.1, -0.05) is 17.7 Å². The topological polar surface area (TPSA) is 88.2 Å². The highest BCUT2D eigenvalue weighted by Crippen LogP contribution is 2.38. The second-order valence-corrected chi connectivity index (χ2v) is 9.45. The smallest absolute Gasteiger partial charge is 0.265 e. The third-order valence-electron chi connectivity index (χ3n) is 5.76. The van der Waals surface area contributed by atoms with Gasteiger partial charge in [0, 0.05) is 35.1 Å². The lowest BCUT2D eigenvalue weighted by Gasteiger charge is -2.29. The van der Waals surface area contributed by atoms with Crippen molar-refractivity contribution in [2.45, 2.75) is 6.54 Å². The maximum Gasteiger partial charge on any atom is 0.265 e. The first-order valence-corrected chi connectivity index (χ1v) is 11.7. The second-order valence-electron chi connectivity index (χ2n) is 7.73. The summed E-state index contributed by atoms with van der Waals surface area (Å²) in [5, 5.41) is 2.90. The summed E-state index contributed by atoms with van der Waals surface area (Å²) in [5.41, 5.74) is 3.09. The van der Waals surface area contributed by atoms with Crippen molar-refractivity contribution >= 4 is 57.7 Å². The van der Waals surface area contributed by atoms with Crippen molar-refractivity contribution in [1.82, 2.24) is 0 Å². The van der Waals surface area contributed by atoms with Crippen molar-refractivity contribution in [3.8, 4) is 5.75 Å². The number of benzene rings is 2. The molecular formula is C24H20ClN3O5S. The summed E-state index contributed by atoms with van der Waals surface area (Å²) in [6.45, 7) is 1.19. The quantitative estimate of drug-likeness (QED) is 0.571. The number of amides is 3. The van der Waals surface area contributed by atoms with E-state index in [9.17, 15) is 14.4 Å². The Morgan fingerprint density at radius 1 is 1.15 bits per heavy atom. The van der Waals surface area contributed by atoms with E-state index in [1.165, 1.54) is 18.4 Å². The standard InChI is InChI=1S/C24H20ClN3O5S/c1-32-19-11-14(5-6-18(19)27-9-10-33-13-22(27)29)28-12-16-15(24(28)31)3-2-4-17(16)26-23(30)20-7-8-21(25)34-20/h2-8,11H,9-10,12-13H2,1H3,(H,26,30).